The highest BCUT2D eigenvalue weighted by Crippen LogP contribution is 2.22. The minimum Gasteiger partial charge on any atom is -0.496 e. The van der Waals surface area contributed by atoms with Gasteiger partial charge in [-0.05, 0) is 32.0 Å². The Morgan fingerprint density at radius 3 is 2.57 bits per heavy atom. The van der Waals surface area contributed by atoms with E-state index >= 15 is 0 Å². The van der Waals surface area contributed by atoms with Crippen LogP contribution in [0.3, 0.4) is 0 Å². The Morgan fingerprint density at radius 1 is 1.18 bits per heavy atom. The van der Waals surface area contributed by atoms with E-state index in [-0.39, 0.29) is 17.6 Å². The van der Waals surface area contributed by atoms with Gasteiger partial charge in [0.2, 0.25) is 5.91 Å². The highest BCUT2D eigenvalue weighted by Gasteiger charge is 2.26. The average molecular weight is 385 g/mol. The summed E-state index contributed by atoms with van der Waals surface area (Å²) in [5.74, 6) is 0.310. The lowest BCUT2D eigenvalue weighted by Gasteiger charge is -2.37. The molecule has 0 aromatic heterocycles. The summed E-state index contributed by atoms with van der Waals surface area (Å²) < 4.78 is 19.2. The molecule has 28 heavy (non-hydrogen) atoms. The van der Waals surface area contributed by atoms with E-state index in [4.69, 9.17) is 4.74 Å². The maximum Gasteiger partial charge on any atom is 0.241 e. The Kier molecular flexibility index (Phi) is 6.65. The first kappa shape index (κ1) is 20.3. The normalized spacial score (nSPS) is 16.6. The molecule has 5 nitrogen and oxygen atoms in total. The van der Waals surface area contributed by atoms with Gasteiger partial charge in [0.25, 0.3) is 0 Å². The fourth-order valence-electron chi connectivity index (χ4n) is 3.55. The summed E-state index contributed by atoms with van der Waals surface area (Å²) in [4.78, 5) is 17.0. The van der Waals surface area contributed by atoms with Crippen molar-refractivity contribution in [1.29, 1.82) is 0 Å². The molecule has 0 aliphatic carbocycles. The third-order valence-electron chi connectivity index (χ3n) is 5.30. The summed E-state index contributed by atoms with van der Waals surface area (Å²) in [5.41, 5.74) is 2.62. The Morgan fingerprint density at radius 2 is 1.89 bits per heavy atom. The summed E-state index contributed by atoms with van der Waals surface area (Å²) >= 11 is 0. The van der Waals surface area contributed by atoms with Gasteiger partial charge in [0.15, 0.2) is 0 Å². The molecule has 2 aromatic rings. The molecule has 1 aliphatic heterocycles. The number of ether oxygens (including phenoxy) is 1. The zero-order chi connectivity index (χ0) is 20.1. The van der Waals surface area contributed by atoms with Crippen molar-refractivity contribution in [3.8, 4) is 5.75 Å². The van der Waals surface area contributed by atoms with E-state index in [0.717, 1.165) is 38.5 Å². The fraction of sp³-hybridized carbons (Fsp3) is 0.409. The lowest BCUT2D eigenvalue weighted by molar-refractivity contribution is -0.121. The molecule has 1 heterocycles. The van der Waals surface area contributed by atoms with Crippen molar-refractivity contribution in [2.45, 2.75) is 26.4 Å². The van der Waals surface area contributed by atoms with E-state index in [2.05, 4.69) is 34.2 Å². The zero-order valence-corrected chi connectivity index (χ0v) is 16.7. The molecule has 0 spiro atoms. The molecular formula is C22H28FN3O2. The van der Waals surface area contributed by atoms with Crippen LogP contribution in [0.2, 0.25) is 0 Å². The van der Waals surface area contributed by atoms with Crippen molar-refractivity contribution in [2.24, 2.45) is 0 Å². The molecular weight excluding hydrogens is 357 g/mol. The van der Waals surface area contributed by atoms with Crippen molar-refractivity contribution in [3.63, 3.8) is 0 Å². The summed E-state index contributed by atoms with van der Waals surface area (Å²) in [5, 5.41) is 2.69. The summed E-state index contributed by atoms with van der Waals surface area (Å²) in [6, 6.07) is 12.2. The minimum atomic E-state index is -0.417. The van der Waals surface area contributed by atoms with Crippen LogP contribution in [0.15, 0.2) is 42.5 Å². The van der Waals surface area contributed by atoms with Crippen LogP contribution in [0, 0.1) is 12.7 Å². The van der Waals surface area contributed by atoms with Gasteiger partial charge in [-0.2, -0.15) is 0 Å². The molecule has 0 saturated carbocycles. The number of carbonyl (C=O) groups is 1. The molecule has 1 aliphatic rings. The quantitative estimate of drug-likeness (QED) is 0.829. The number of hydrogen-bond donors (Lipinski definition) is 1. The number of benzene rings is 2. The molecule has 0 radical (unpaired) electrons. The van der Waals surface area contributed by atoms with Gasteiger partial charge in [-0.3, -0.25) is 14.6 Å². The number of amides is 1. The summed E-state index contributed by atoms with van der Waals surface area (Å²) in [6.07, 6.45) is 0. The van der Waals surface area contributed by atoms with Gasteiger partial charge in [-0.25, -0.2) is 4.39 Å². The third kappa shape index (κ3) is 4.88. The van der Waals surface area contributed by atoms with Crippen LogP contribution in [0.1, 0.15) is 18.1 Å². The average Bonchev–Trinajstić information content (AvgIpc) is 2.70. The van der Waals surface area contributed by atoms with Gasteiger partial charge in [0.1, 0.15) is 11.6 Å². The van der Waals surface area contributed by atoms with Gasteiger partial charge in [-0.1, -0.05) is 29.8 Å². The third-order valence-corrected chi connectivity index (χ3v) is 5.30. The van der Waals surface area contributed by atoms with Gasteiger partial charge < -0.3 is 10.1 Å². The second-order valence-corrected chi connectivity index (χ2v) is 7.27. The molecule has 150 valence electrons. The van der Waals surface area contributed by atoms with Crippen LogP contribution in [-0.4, -0.2) is 55.0 Å². The van der Waals surface area contributed by atoms with Gasteiger partial charge in [0.05, 0.1) is 18.8 Å². The number of rotatable bonds is 6. The Balaban J connectivity index is 1.54. The lowest BCUT2D eigenvalue weighted by Crippen LogP contribution is -2.52. The molecule has 6 heteroatoms. The van der Waals surface area contributed by atoms with Crippen LogP contribution < -0.4 is 10.1 Å². The Bertz CT molecular complexity index is 819. The van der Waals surface area contributed by atoms with Crippen molar-refractivity contribution < 1.29 is 13.9 Å². The van der Waals surface area contributed by atoms with Crippen LogP contribution in [0.4, 0.5) is 10.1 Å². The Hall–Kier alpha value is -2.44. The fourth-order valence-corrected chi connectivity index (χ4v) is 3.55. The van der Waals surface area contributed by atoms with E-state index in [1.807, 2.05) is 13.0 Å². The maximum absolute atomic E-state index is 13.8. The molecule has 0 bridgehead atoms. The molecule has 1 amide bonds. The molecule has 0 unspecified atom stereocenters. The predicted molar refractivity (Wildman–Crippen MR) is 109 cm³/mol. The van der Waals surface area contributed by atoms with Crippen molar-refractivity contribution in [2.75, 3.05) is 38.6 Å². The Labute approximate surface area is 166 Å². The molecule has 1 N–H and O–H groups in total. The second-order valence-electron chi connectivity index (χ2n) is 7.27. The van der Waals surface area contributed by atoms with Crippen molar-refractivity contribution in [3.05, 3.63) is 59.4 Å². The van der Waals surface area contributed by atoms with Crippen molar-refractivity contribution in [1.82, 2.24) is 9.80 Å². The number of anilines is 1. The first-order chi connectivity index (χ1) is 13.5. The van der Waals surface area contributed by atoms with E-state index in [1.54, 1.807) is 25.3 Å². The van der Waals surface area contributed by atoms with E-state index < -0.39 is 5.82 Å². The number of nitrogens with zero attached hydrogens (tertiary/aromatic N) is 2. The van der Waals surface area contributed by atoms with Crippen LogP contribution in [0.25, 0.3) is 0 Å². The molecule has 1 saturated heterocycles. The first-order valence-electron chi connectivity index (χ1n) is 9.63. The molecule has 1 fully saturated rings. The minimum absolute atomic E-state index is 0.182. The lowest BCUT2D eigenvalue weighted by atomic mass is 10.1. The molecule has 2 aromatic carbocycles. The molecule has 1 atom stereocenters. The smallest absolute Gasteiger partial charge is 0.241 e. The van der Waals surface area contributed by atoms with Gasteiger partial charge in [-0.15, -0.1) is 0 Å². The number of methoxy groups -OCH3 is 1. The number of nitrogens with one attached hydrogen (secondary N) is 1. The number of halogens is 1. The van der Waals surface area contributed by atoms with Gasteiger partial charge in [0, 0.05) is 38.3 Å². The van der Waals surface area contributed by atoms with E-state index in [1.165, 1.54) is 17.2 Å². The highest BCUT2D eigenvalue weighted by atomic mass is 19.1. The second kappa shape index (κ2) is 9.17. The number of piperazine rings is 1. The topological polar surface area (TPSA) is 44.8 Å². The van der Waals surface area contributed by atoms with Gasteiger partial charge >= 0.3 is 0 Å². The SMILES string of the molecule is COc1ccc(C)cc1CN1CCN([C@H](C)C(=O)Nc2ccccc2F)CC1. The van der Waals surface area contributed by atoms with E-state index in [9.17, 15) is 9.18 Å². The zero-order valence-electron chi connectivity index (χ0n) is 16.7. The van der Waals surface area contributed by atoms with E-state index in [0.29, 0.717) is 0 Å². The number of para-hydroxylation sites is 1. The largest absolute Gasteiger partial charge is 0.496 e. The van der Waals surface area contributed by atoms with Crippen molar-refractivity contribution >= 4 is 11.6 Å². The summed E-state index contributed by atoms with van der Waals surface area (Å²) in [6.45, 7) is 8.10. The number of hydrogen-bond acceptors (Lipinski definition) is 4. The summed E-state index contributed by atoms with van der Waals surface area (Å²) in [7, 11) is 1.70. The number of aryl methyl sites for hydroxylation is 1. The monoisotopic (exact) mass is 385 g/mol. The number of carbonyl (C=O) groups excluding carboxylic acids is 1. The standard InChI is InChI=1S/C22H28FN3O2/c1-16-8-9-21(28-3)18(14-16)15-25-10-12-26(13-11-25)17(2)22(27)24-20-7-5-4-6-19(20)23/h4-9,14,17H,10-13,15H2,1-3H3,(H,24,27)/t17-/m1/s1. The highest BCUT2D eigenvalue weighted by molar-refractivity contribution is 5.94. The first-order valence-corrected chi connectivity index (χ1v) is 9.63. The van der Waals surface area contributed by atoms with Crippen LogP contribution in [0.5, 0.6) is 5.75 Å². The predicted octanol–water partition coefficient (Wildman–Crippen LogP) is 3.29. The molecule has 3 rings (SSSR count). The van der Waals surface area contributed by atoms with Crippen LogP contribution >= 0.6 is 0 Å². The maximum atomic E-state index is 13.8. The van der Waals surface area contributed by atoms with Crippen LogP contribution in [-0.2, 0) is 11.3 Å².